The summed E-state index contributed by atoms with van der Waals surface area (Å²) < 4.78 is 102. The topological polar surface area (TPSA) is 243 Å². The second kappa shape index (κ2) is 32.9. The molecule has 0 saturated carbocycles. The van der Waals surface area contributed by atoms with Crippen molar-refractivity contribution in [3.05, 3.63) is 149 Å². The number of ketones is 1. The average Bonchev–Trinajstić information content (AvgIpc) is 1.64. The van der Waals surface area contributed by atoms with E-state index >= 15 is 0 Å². The van der Waals surface area contributed by atoms with E-state index in [9.17, 15) is 49.0 Å². The molecule has 22 nitrogen and oxygen atoms in total. The lowest BCUT2D eigenvalue weighted by atomic mass is 9.81. The molecule has 103 heavy (non-hydrogen) atoms. The average molecular weight is 1480 g/mol. The Labute approximate surface area is 614 Å². The zero-order valence-corrected chi connectivity index (χ0v) is 64.1. The van der Waals surface area contributed by atoms with Crippen molar-refractivity contribution in [3.8, 4) is 0 Å². The van der Waals surface area contributed by atoms with Gasteiger partial charge in [-0.25, -0.2) is 33.9 Å². The van der Waals surface area contributed by atoms with Crippen molar-refractivity contribution in [3.63, 3.8) is 0 Å². The first-order valence-corrected chi connectivity index (χ1v) is 41.2. The summed E-state index contributed by atoms with van der Waals surface area (Å²) in [6.07, 6.45) is 14.1. The molecule has 0 aromatic heterocycles. The molecule has 3 N–H and O–H groups in total. The Morgan fingerprint density at radius 3 is 1.61 bits per heavy atom. The number of benzene rings is 4. The highest BCUT2D eigenvalue weighted by Crippen LogP contribution is 2.49. The highest BCUT2D eigenvalue weighted by Gasteiger charge is 2.49. The summed E-state index contributed by atoms with van der Waals surface area (Å²) in [5.41, 5.74) is 7.43. The lowest BCUT2D eigenvalue weighted by molar-refractivity contribution is -1.07. The van der Waals surface area contributed by atoms with Crippen molar-refractivity contribution >= 4 is 76.4 Å². The molecule has 25 heteroatoms. The maximum absolute atomic E-state index is 14.2. The Bertz CT molecular complexity index is 4200. The molecule has 4 aromatic rings. The van der Waals surface area contributed by atoms with E-state index in [2.05, 4.69) is 67.8 Å². The standard InChI is InChI=1S/C77H108N11O11S3.CH4/c1-10-11-38-83-69-32-30-65(101(96,97)81(6)36-15-20-73(90)78-58-64(89)55-62-24-22-60(23-25-62)34-40-87-48-42-85(8,43-49-87)44-50-87)56-67(69)76(2,3)71(83)18-13-12-14-19-72-77(4,5)68-57-66(31-33-70(68)84(72)39-17-54-100(93,94)95)102(98,99)82(7)37-16-21-74(91)79-59-75(92)80-63-28-26-61(27-29-63)35-41-88-51-45-86(9,46-52-88)47-53-88;/h12-14,18-19,22-33,56-57H,10-11,15-17,20-21,34-55,58-59H2,1-9H3;1H4/q+1;/p+3. The van der Waals surface area contributed by atoms with Gasteiger partial charge < -0.3 is 43.3 Å². The van der Waals surface area contributed by atoms with Crippen LogP contribution in [0.15, 0.2) is 131 Å². The van der Waals surface area contributed by atoms with Gasteiger partial charge in [0.05, 0.1) is 65.6 Å². The number of sulfonamides is 2. The van der Waals surface area contributed by atoms with Crippen LogP contribution in [0.25, 0.3) is 0 Å². The molecule has 12 rings (SSSR count). The molecule has 0 radical (unpaired) electrons. The van der Waals surface area contributed by atoms with Crippen molar-refractivity contribution in [2.24, 2.45) is 0 Å². The van der Waals surface area contributed by atoms with E-state index < -0.39 is 46.7 Å². The van der Waals surface area contributed by atoms with Gasteiger partial charge in [-0.2, -0.15) is 4.58 Å². The van der Waals surface area contributed by atoms with E-state index in [4.69, 9.17) is 0 Å². The first kappa shape index (κ1) is 80.3. The largest absolute Gasteiger partial charge is 0.748 e. The number of hydrogen-bond acceptors (Lipinski definition) is 12. The Balaban J connectivity index is 0.0000123. The van der Waals surface area contributed by atoms with Crippen molar-refractivity contribution in [2.75, 3.05) is 175 Å². The molecule has 562 valence electrons. The molecule has 8 heterocycles. The molecule has 6 fully saturated rings. The molecular weight excluding hydrogens is 1360 g/mol. The number of carbonyl (C=O) groups is 4. The number of nitrogens with one attached hydrogen (secondary N) is 3. The maximum Gasteiger partial charge on any atom is 0.243 e. The third-order valence-electron chi connectivity index (χ3n) is 23.2. The first-order valence-electron chi connectivity index (χ1n) is 36.7. The number of Topliss-reactive ketones (excluding diaryl/α,β-unsaturated/α-hetero) is 1. The van der Waals surface area contributed by atoms with Crippen LogP contribution in [0.2, 0.25) is 0 Å². The van der Waals surface area contributed by atoms with Gasteiger partial charge in [-0.05, 0) is 104 Å². The molecule has 0 aliphatic carbocycles. The van der Waals surface area contributed by atoms with Gasteiger partial charge in [-0.3, -0.25) is 19.2 Å². The number of allylic oxidation sites excluding steroid dienone is 6. The van der Waals surface area contributed by atoms with E-state index in [1.54, 1.807) is 24.3 Å². The lowest BCUT2D eigenvalue weighted by Gasteiger charge is -2.54. The number of unbranched alkanes of at least 4 members (excludes halogenated alkanes) is 1. The maximum atomic E-state index is 14.2. The molecule has 0 spiro atoms. The van der Waals surface area contributed by atoms with Gasteiger partial charge in [0.15, 0.2) is 11.5 Å². The number of nitrogens with zero attached hydrogens (tertiary/aromatic N) is 8. The summed E-state index contributed by atoms with van der Waals surface area (Å²) in [4.78, 5) is 54.0. The number of anilines is 2. The second-order valence-electron chi connectivity index (χ2n) is 31.3. The number of likely N-dealkylation sites (N-methyl/N-ethyl adjacent to an activating group) is 2. The Morgan fingerprint density at radius 1 is 0.592 bits per heavy atom. The third kappa shape index (κ3) is 19.5. The van der Waals surface area contributed by atoms with Gasteiger partial charge in [0.1, 0.15) is 85.1 Å². The zero-order valence-electron chi connectivity index (χ0n) is 61.7. The predicted molar refractivity (Wildman–Crippen MR) is 406 cm³/mol. The number of fused-ring (bicyclic) bond motifs is 8. The van der Waals surface area contributed by atoms with Crippen molar-refractivity contribution in [1.82, 2.24) is 19.2 Å². The second-order valence-corrected chi connectivity index (χ2v) is 36.9. The van der Waals surface area contributed by atoms with E-state index in [0.29, 0.717) is 23.5 Å². The molecular formula is C78H115N11O11S3+4. The fraction of sp³-hybridized carbons (Fsp3) is 0.551. The summed E-state index contributed by atoms with van der Waals surface area (Å²) >= 11 is 0. The van der Waals surface area contributed by atoms with Crippen LogP contribution in [0.4, 0.5) is 17.1 Å². The van der Waals surface area contributed by atoms with Gasteiger partial charge in [0.2, 0.25) is 43.5 Å². The molecule has 4 bridgehead atoms. The van der Waals surface area contributed by atoms with E-state index in [1.165, 1.54) is 136 Å². The highest BCUT2D eigenvalue weighted by atomic mass is 32.2. The van der Waals surface area contributed by atoms with Gasteiger partial charge in [0, 0.05) is 118 Å². The number of hydrogen-bond donors (Lipinski definition) is 3. The SMILES string of the molecule is C.CCCCN1C(=CC=CC=CC2=[N+](CCCS(=O)(=O)[O-])c3ccc(S(=O)(=O)N(C)CCCC(=O)NCC(=O)Nc4ccc(CC[N+]56CC[N+](C)(CC5)CC6)cc4)cc3C2(C)C)C(C)(C)c2cc(S(=O)(=O)N(C)CCCC(=O)NCC(=O)Cc3ccc(CC[N+]45CC[N+](C)(CC4)CC5)cc3)ccc21. The molecule has 4 aromatic carbocycles. The smallest absolute Gasteiger partial charge is 0.243 e. The van der Waals surface area contributed by atoms with Gasteiger partial charge >= 0.3 is 0 Å². The minimum absolute atomic E-state index is 0. The number of amides is 3. The normalized spacial score (nSPS) is 23.0. The van der Waals surface area contributed by atoms with Gasteiger partial charge in [0.25, 0.3) is 0 Å². The summed E-state index contributed by atoms with van der Waals surface area (Å²) in [7, 11) is -4.86. The number of carbonyl (C=O) groups excluding carboxylic acids is 4. The van der Waals surface area contributed by atoms with Crippen LogP contribution in [0, 0.1) is 0 Å². The molecule has 0 unspecified atom stereocenters. The summed E-state index contributed by atoms with van der Waals surface area (Å²) in [6.45, 7) is 28.0. The quantitative estimate of drug-likeness (QED) is 0.0177. The molecule has 8 aliphatic rings. The van der Waals surface area contributed by atoms with Crippen LogP contribution in [-0.4, -0.2) is 255 Å². The van der Waals surface area contributed by atoms with E-state index in [-0.39, 0.29) is 112 Å². The first-order chi connectivity index (χ1) is 48.2. The molecule has 6 saturated heterocycles. The molecule has 3 amide bonds. The Kier molecular flexibility index (Phi) is 25.7. The fourth-order valence-electron chi connectivity index (χ4n) is 15.8. The van der Waals surface area contributed by atoms with Crippen LogP contribution in [0.3, 0.4) is 0 Å². The Hall–Kier alpha value is -6.78. The van der Waals surface area contributed by atoms with Crippen LogP contribution >= 0.6 is 0 Å². The van der Waals surface area contributed by atoms with Crippen molar-refractivity contribution < 1.29 is 71.5 Å². The van der Waals surface area contributed by atoms with Crippen molar-refractivity contribution in [2.45, 2.75) is 127 Å². The van der Waals surface area contributed by atoms with Gasteiger partial charge in [-0.15, -0.1) is 0 Å². The minimum Gasteiger partial charge on any atom is -0.748 e. The van der Waals surface area contributed by atoms with Crippen LogP contribution in [0.5, 0.6) is 0 Å². The summed E-state index contributed by atoms with van der Waals surface area (Å²) in [5.74, 6) is -1.76. The van der Waals surface area contributed by atoms with E-state index in [0.717, 1.165) is 67.0 Å². The summed E-state index contributed by atoms with van der Waals surface area (Å²) in [5, 5.41) is 8.24. The van der Waals surface area contributed by atoms with Crippen LogP contribution in [0.1, 0.15) is 115 Å². The van der Waals surface area contributed by atoms with Crippen LogP contribution in [-0.2, 0) is 79.4 Å². The van der Waals surface area contributed by atoms with Crippen molar-refractivity contribution in [1.29, 1.82) is 0 Å². The summed E-state index contributed by atoms with van der Waals surface area (Å²) in [6, 6.07) is 26.2. The fourth-order valence-corrected chi connectivity index (χ4v) is 18.8. The monoisotopic (exact) mass is 1480 g/mol. The number of rotatable bonds is 35. The van der Waals surface area contributed by atoms with E-state index in [1.807, 2.05) is 91.3 Å². The number of piperazine rings is 6. The Morgan fingerprint density at radius 2 is 1.09 bits per heavy atom. The molecule has 0 atom stereocenters. The molecule has 8 aliphatic heterocycles. The third-order valence-corrected chi connectivity index (χ3v) is 27.7. The predicted octanol–water partition coefficient (Wildman–Crippen LogP) is 7.38. The zero-order chi connectivity index (χ0) is 73.5. The number of quaternary nitrogens is 4. The lowest BCUT2D eigenvalue weighted by Crippen LogP contribution is -2.73. The minimum atomic E-state index is -4.53. The van der Waals surface area contributed by atoms with Crippen LogP contribution < -0.4 is 20.9 Å². The van der Waals surface area contributed by atoms with Gasteiger partial charge in [-0.1, -0.05) is 89.2 Å². The highest BCUT2D eigenvalue weighted by molar-refractivity contribution is 7.89.